The molecule has 6 N–H and O–H groups in total. The number of nitrogens with zero attached hydrogens (tertiary/aromatic N) is 1. The highest BCUT2D eigenvalue weighted by Crippen LogP contribution is 2.37. The number of halogens is 2. The van der Waals surface area contributed by atoms with Gasteiger partial charge in [0.2, 0.25) is 0 Å². The van der Waals surface area contributed by atoms with Gasteiger partial charge in [0.25, 0.3) is 5.91 Å². The molecule has 0 bridgehead atoms. The quantitative estimate of drug-likeness (QED) is 0.280. The normalized spacial score (nSPS) is 12.7. The third kappa shape index (κ3) is 3.94. The van der Waals surface area contributed by atoms with Gasteiger partial charge in [-0.2, -0.15) is 0 Å². The molecule has 2 aromatic carbocycles. The largest absolute Gasteiger partial charge is 0.495 e. The molecule has 1 amide bonds. The van der Waals surface area contributed by atoms with Crippen LogP contribution in [-0.2, 0) is 6.42 Å². The van der Waals surface area contributed by atoms with Gasteiger partial charge >= 0.3 is 0 Å². The summed E-state index contributed by atoms with van der Waals surface area (Å²) in [6.45, 7) is 0.916. The topological polar surface area (TPSA) is 117 Å². The van der Waals surface area contributed by atoms with E-state index in [-0.39, 0.29) is 5.69 Å². The first-order valence-corrected chi connectivity index (χ1v) is 10.7. The minimum atomic E-state index is -1.04. The number of amides is 1. The Morgan fingerprint density at radius 1 is 1.09 bits per heavy atom. The van der Waals surface area contributed by atoms with Crippen LogP contribution in [0, 0.1) is 11.6 Å². The number of carbonyl (C=O) groups excluding carboxylic acids is 1. The van der Waals surface area contributed by atoms with Gasteiger partial charge in [-0.05, 0) is 42.7 Å². The van der Waals surface area contributed by atoms with Gasteiger partial charge < -0.3 is 31.4 Å². The first-order chi connectivity index (χ1) is 16.4. The van der Waals surface area contributed by atoms with Crippen LogP contribution in [-0.4, -0.2) is 29.5 Å². The van der Waals surface area contributed by atoms with Crippen LogP contribution >= 0.6 is 0 Å². The lowest BCUT2D eigenvalue weighted by molar-refractivity contribution is 0.0997. The van der Waals surface area contributed by atoms with E-state index >= 15 is 0 Å². The van der Waals surface area contributed by atoms with Crippen molar-refractivity contribution in [3.63, 3.8) is 0 Å². The van der Waals surface area contributed by atoms with Crippen molar-refractivity contribution in [3.05, 3.63) is 65.5 Å². The zero-order chi connectivity index (χ0) is 23.8. The average Bonchev–Trinajstić information content (AvgIpc) is 3.21. The second-order valence-corrected chi connectivity index (χ2v) is 8.00. The number of rotatable bonds is 6. The fourth-order valence-electron chi connectivity index (χ4n) is 4.19. The molecular weight excluding hydrogens is 442 g/mol. The van der Waals surface area contributed by atoms with Gasteiger partial charge in [0.15, 0.2) is 0 Å². The minimum Gasteiger partial charge on any atom is -0.495 e. The molecule has 34 heavy (non-hydrogen) atoms. The van der Waals surface area contributed by atoms with E-state index in [9.17, 15) is 13.6 Å². The number of aromatic amines is 1. The Balaban J connectivity index is 1.51. The molecule has 8 nitrogen and oxygen atoms in total. The van der Waals surface area contributed by atoms with Gasteiger partial charge in [0.1, 0.15) is 23.2 Å². The van der Waals surface area contributed by atoms with E-state index in [1.165, 1.54) is 11.8 Å². The summed E-state index contributed by atoms with van der Waals surface area (Å²) in [5.41, 5.74) is 8.93. The number of hydrogen-bond acceptors (Lipinski definition) is 6. The van der Waals surface area contributed by atoms with Gasteiger partial charge in [0, 0.05) is 23.7 Å². The van der Waals surface area contributed by atoms with Gasteiger partial charge in [-0.1, -0.05) is 0 Å². The van der Waals surface area contributed by atoms with E-state index in [0.717, 1.165) is 36.8 Å². The lowest BCUT2D eigenvalue weighted by Gasteiger charge is -2.21. The molecule has 1 aliphatic heterocycles. The summed E-state index contributed by atoms with van der Waals surface area (Å²) in [4.78, 5) is 19.2. The smallest absolute Gasteiger partial charge is 0.253 e. The van der Waals surface area contributed by atoms with Gasteiger partial charge in [-0.25, -0.2) is 8.78 Å². The summed E-state index contributed by atoms with van der Waals surface area (Å²) in [7, 11) is 1.62. The number of methoxy groups -OCH3 is 1. The van der Waals surface area contributed by atoms with Gasteiger partial charge in [-0.15, -0.1) is 0 Å². The number of aryl methyl sites for hydroxylation is 1. The molecule has 0 saturated carbocycles. The molecular formula is C24H22F2N6O2. The number of ether oxygens (including phenoxy) is 1. The number of primary amides is 1. The Kier molecular flexibility index (Phi) is 5.40. The summed E-state index contributed by atoms with van der Waals surface area (Å²) in [6, 6.07) is 7.48. The molecule has 2 aromatic heterocycles. The molecule has 5 rings (SSSR count). The number of pyridine rings is 1. The zero-order valence-corrected chi connectivity index (χ0v) is 18.3. The molecule has 0 unspecified atom stereocenters. The SMILES string of the molecule is COc1cc2c(cc1Nc1cc3c(Nc4cc(F)cc(F)c4C(N)=O)cncc3[nH]1)NCCC2. The fourth-order valence-corrected chi connectivity index (χ4v) is 4.19. The van der Waals surface area contributed by atoms with E-state index in [1.54, 1.807) is 13.3 Å². The molecule has 0 radical (unpaired) electrons. The molecule has 0 atom stereocenters. The van der Waals surface area contributed by atoms with E-state index < -0.39 is 23.1 Å². The van der Waals surface area contributed by atoms with E-state index in [4.69, 9.17) is 10.5 Å². The number of nitrogens with two attached hydrogens (primary N) is 1. The number of hydrogen-bond donors (Lipinski definition) is 5. The fraction of sp³-hybridized carbons (Fsp3) is 0.167. The number of aromatic nitrogens is 2. The van der Waals surface area contributed by atoms with E-state index in [1.807, 2.05) is 18.2 Å². The van der Waals surface area contributed by atoms with Crippen molar-refractivity contribution >= 4 is 45.4 Å². The Morgan fingerprint density at radius 3 is 2.74 bits per heavy atom. The molecule has 174 valence electrons. The second-order valence-electron chi connectivity index (χ2n) is 8.00. The predicted octanol–water partition coefficient (Wildman–Crippen LogP) is 4.79. The number of fused-ring (bicyclic) bond motifs is 2. The van der Waals surface area contributed by atoms with E-state index in [2.05, 4.69) is 25.9 Å². The Bertz CT molecular complexity index is 1420. The predicted molar refractivity (Wildman–Crippen MR) is 127 cm³/mol. The highest BCUT2D eigenvalue weighted by molar-refractivity contribution is 6.02. The molecule has 10 heteroatoms. The first-order valence-electron chi connectivity index (χ1n) is 10.7. The average molecular weight is 464 g/mol. The Labute approximate surface area is 193 Å². The molecule has 0 spiro atoms. The van der Waals surface area contributed by atoms with Crippen LogP contribution in [0.4, 0.5) is 37.3 Å². The maximum absolute atomic E-state index is 14.2. The van der Waals surface area contributed by atoms with Crippen molar-refractivity contribution in [2.24, 2.45) is 5.73 Å². The van der Waals surface area contributed by atoms with E-state index in [0.29, 0.717) is 34.2 Å². The zero-order valence-electron chi connectivity index (χ0n) is 18.3. The summed E-state index contributed by atoms with van der Waals surface area (Å²) in [5.74, 6) is -1.53. The van der Waals surface area contributed by atoms with Crippen molar-refractivity contribution < 1.29 is 18.3 Å². The van der Waals surface area contributed by atoms with Crippen LogP contribution in [0.3, 0.4) is 0 Å². The molecule has 0 saturated heterocycles. The van der Waals surface area contributed by atoms with Crippen molar-refractivity contribution in [1.29, 1.82) is 0 Å². The summed E-state index contributed by atoms with van der Waals surface area (Å²) >= 11 is 0. The van der Waals surface area contributed by atoms with Crippen molar-refractivity contribution in [2.75, 3.05) is 29.6 Å². The lowest BCUT2D eigenvalue weighted by Crippen LogP contribution is -2.16. The van der Waals surface area contributed by atoms with Crippen molar-refractivity contribution in [1.82, 2.24) is 9.97 Å². The van der Waals surface area contributed by atoms with Crippen LogP contribution in [0.25, 0.3) is 10.9 Å². The third-order valence-electron chi connectivity index (χ3n) is 5.75. The number of H-pyrrole nitrogens is 1. The first kappa shape index (κ1) is 21.5. The second kappa shape index (κ2) is 8.54. The minimum absolute atomic E-state index is 0.0857. The maximum atomic E-state index is 14.2. The van der Waals surface area contributed by atoms with Crippen LogP contribution in [0.5, 0.6) is 5.75 Å². The molecule has 0 fully saturated rings. The number of benzene rings is 2. The van der Waals surface area contributed by atoms with Crippen LogP contribution in [0.1, 0.15) is 22.3 Å². The Morgan fingerprint density at radius 2 is 1.94 bits per heavy atom. The molecule has 1 aliphatic rings. The highest BCUT2D eigenvalue weighted by Gasteiger charge is 2.18. The van der Waals surface area contributed by atoms with Crippen molar-refractivity contribution in [3.8, 4) is 5.75 Å². The lowest BCUT2D eigenvalue weighted by atomic mass is 10.0. The third-order valence-corrected chi connectivity index (χ3v) is 5.75. The number of anilines is 5. The van der Waals surface area contributed by atoms with Gasteiger partial charge in [-0.3, -0.25) is 9.78 Å². The monoisotopic (exact) mass is 464 g/mol. The van der Waals surface area contributed by atoms with Crippen LogP contribution in [0.15, 0.2) is 42.7 Å². The van der Waals surface area contributed by atoms with Crippen LogP contribution in [0.2, 0.25) is 0 Å². The number of carbonyl (C=O) groups is 1. The molecule has 4 aromatic rings. The Hall–Kier alpha value is -4.34. The summed E-state index contributed by atoms with van der Waals surface area (Å²) < 4.78 is 33.6. The van der Waals surface area contributed by atoms with Crippen molar-refractivity contribution in [2.45, 2.75) is 12.8 Å². The van der Waals surface area contributed by atoms with Crippen LogP contribution < -0.4 is 26.4 Å². The maximum Gasteiger partial charge on any atom is 0.253 e. The number of nitrogens with one attached hydrogen (secondary N) is 4. The molecule has 0 aliphatic carbocycles. The summed E-state index contributed by atoms with van der Waals surface area (Å²) in [5, 5.41) is 10.3. The summed E-state index contributed by atoms with van der Waals surface area (Å²) in [6.07, 6.45) is 5.18. The van der Waals surface area contributed by atoms with Gasteiger partial charge in [0.05, 0.1) is 47.6 Å². The standard InChI is InChI=1S/C24H22F2N6O2/c1-34-21-5-12-3-2-4-29-16(12)9-17(21)31-22-8-14-19(10-28-11-20(14)32-22)30-18-7-13(25)6-15(26)23(18)24(27)33/h5-11,29-32H,2-4H2,1H3,(H2,27,33). The highest BCUT2D eigenvalue weighted by atomic mass is 19.1. The molecule has 3 heterocycles.